The fraction of sp³-hybridized carbons (Fsp3) is 0.350. The molecule has 2 aromatic rings. The molecule has 1 aliphatic rings. The Balaban J connectivity index is 1.84. The SMILES string of the molecule is O=C(O)[C@@H]1CC[C@](O)(Cc2ccccc2)C[C@H]1c1ccccc1. The van der Waals surface area contributed by atoms with Crippen LogP contribution in [-0.2, 0) is 11.2 Å². The van der Waals surface area contributed by atoms with Crippen molar-refractivity contribution in [3.05, 3.63) is 71.8 Å². The van der Waals surface area contributed by atoms with Crippen LogP contribution in [0.4, 0.5) is 0 Å². The van der Waals surface area contributed by atoms with E-state index in [0.29, 0.717) is 25.7 Å². The van der Waals surface area contributed by atoms with Gasteiger partial charge in [0.15, 0.2) is 0 Å². The molecule has 120 valence electrons. The van der Waals surface area contributed by atoms with Crippen molar-refractivity contribution in [2.45, 2.75) is 37.2 Å². The van der Waals surface area contributed by atoms with Gasteiger partial charge < -0.3 is 10.2 Å². The van der Waals surface area contributed by atoms with Crippen molar-refractivity contribution in [3.63, 3.8) is 0 Å². The van der Waals surface area contributed by atoms with Crippen molar-refractivity contribution in [1.82, 2.24) is 0 Å². The van der Waals surface area contributed by atoms with Crippen LogP contribution in [0.3, 0.4) is 0 Å². The van der Waals surface area contributed by atoms with E-state index in [1.807, 2.05) is 60.7 Å². The van der Waals surface area contributed by atoms with E-state index in [2.05, 4.69) is 0 Å². The zero-order valence-electron chi connectivity index (χ0n) is 13.1. The number of carboxylic acid groups (broad SMARTS) is 1. The normalized spacial score (nSPS) is 27.5. The van der Waals surface area contributed by atoms with Gasteiger partial charge in [-0.25, -0.2) is 0 Å². The third-order valence-electron chi connectivity index (χ3n) is 4.93. The van der Waals surface area contributed by atoms with Crippen LogP contribution in [0, 0.1) is 5.92 Å². The molecule has 2 N–H and O–H groups in total. The molecule has 1 saturated carbocycles. The molecule has 3 atom stereocenters. The van der Waals surface area contributed by atoms with Crippen molar-refractivity contribution < 1.29 is 15.0 Å². The Morgan fingerprint density at radius 2 is 1.65 bits per heavy atom. The van der Waals surface area contributed by atoms with Gasteiger partial charge in [0.1, 0.15) is 0 Å². The molecule has 0 radical (unpaired) electrons. The molecular formula is C20H22O3. The van der Waals surface area contributed by atoms with Crippen LogP contribution in [-0.4, -0.2) is 21.8 Å². The lowest BCUT2D eigenvalue weighted by Crippen LogP contribution is -2.42. The second-order valence-electron chi connectivity index (χ2n) is 6.59. The molecule has 1 aliphatic carbocycles. The summed E-state index contributed by atoms with van der Waals surface area (Å²) in [6, 6.07) is 19.6. The first-order valence-corrected chi connectivity index (χ1v) is 8.11. The quantitative estimate of drug-likeness (QED) is 0.906. The fourth-order valence-corrected chi connectivity index (χ4v) is 3.76. The van der Waals surface area contributed by atoms with Crippen LogP contribution in [0.1, 0.15) is 36.3 Å². The Labute approximate surface area is 136 Å². The molecular weight excluding hydrogens is 288 g/mol. The van der Waals surface area contributed by atoms with Gasteiger partial charge in [-0.05, 0) is 36.3 Å². The minimum Gasteiger partial charge on any atom is -0.481 e. The number of hydrogen-bond donors (Lipinski definition) is 2. The lowest BCUT2D eigenvalue weighted by atomic mass is 9.67. The summed E-state index contributed by atoms with van der Waals surface area (Å²) in [5, 5.41) is 20.6. The summed E-state index contributed by atoms with van der Waals surface area (Å²) in [4.78, 5) is 11.6. The summed E-state index contributed by atoms with van der Waals surface area (Å²) >= 11 is 0. The van der Waals surface area contributed by atoms with Crippen LogP contribution in [0.25, 0.3) is 0 Å². The van der Waals surface area contributed by atoms with Crippen LogP contribution in [0.2, 0.25) is 0 Å². The zero-order chi connectivity index (χ0) is 16.3. The maximum absolute atomic E-state index is 11.6. The lowest BCUT2D eigenvalue weighted by molar-refractivity contribution is -0.146. The van der Waals surface area contributed by atoms with E-state index >= 15 is 0 Å². The second kappa shape index (κ2) is 6.55. The van der Waals surface area contributed by atoms with E-state index in [1.54, 1.807) is 0 Å². The van der Waals surface area contributed by atoms with E-state index in [9.17, 15) is 15.0 Å². The van der Waals surface area contributed by atoms with Crippen molar-refractivity contribution >= 4 is 5.97 Å². The Kier molecular flexibility index (Phi) is 4.49. The number of aliphatic hydroxyl groups is 1. The maximum atomic E-state index is 11.6. The maximum Gasteiger partial charge on any atom is 0.307 e. The first kappa shape index (κ1) is 15.8. The highest BCUT2D eigenvalue weighted by Crippen LogP contribution is 2.44. The standard InChI is InChI=1S/C20H22O3/c21-19(22)17-11-12-20(23,13-15-7-3-1-4-8-15)14-18(17)16-9-5-2-6-10-16/h1-10,17-18,23H,11-14H2,(H,21,22)/t17-,18+,20+/m1/s1. The van der Waals surface area contributed by atoms with Gasteiger partial charge in [0.25, 0.3) is 0 Å². The molecule has 23 heavy (non-hydrogen) atoms. The van der Waals surface area contributed by atoms with Gasteiger partial charge in [0, 0.05) is 6.42 Å². The first-order valence-electron chi connectivity index (χ1n) is 8.11. The van der Waals surface area contributed by atoms with Crippen molar-refractivity contribution in [2.75, 3.05) is 0 Å². The Hall–Kier alpha value is -2.13. The van der Waals surface area contributed by atoms with Gasteiger partial charge in [-0.2, -0.15) is 0 Å². The first-order chi connectivity index (χ1) is 11.1. The topological polar surface area (TPSA) is 57.5 Å². The smallest absolute Gasteiger partial charge is 0.307 e. The third kappa shape index (κ3) is 3.62. The Bertz CT molecular complexity index is 653. The van der Waals surface area contributed by atoms with Gasteiger partial charge in [0.05, 0.1) is 11.5 Å². The fourth-order valence-electron chi connectivity index (χ4n) is 3.76. The number of hydrogen-bond acceptors (Lipinski definition) is 2. The Morgan fingerprint density at radius 1 is 1.04 bits per heavy atom. The molecule has 3 heteroatoms. The molecule has 0 aromatic heterocycles. The predicted molar refractivity (Wildman–Crippen MR) is 89.3 cm³/mol. The highest BCUT2D eigenvalue weighted by Gasteiger charge is 2.42. The van der Waals surface area contributed by atoms with Crippen LogP contribution in [0.5, 0.6) is 0 Å². The van der Waals surface area contributed by atoms with E-state index in [-0.39, 0.29) is 5.92 Å². The molecule has 2 aromatic carbocycles. The summed E-state index contributed by atoms with van der Waals surface area (Å²) in [5.74, 6) is -1.33. The lowest BCUT2D eigenvalue weighted by Gasteiger charge is -2.40. The molecule has 0 heterocycles. The third-order valence-corrected chi connectivity index (χ3v) is 4.93. The van der Waals surface area contributed by atoms with Gasteiger partial charge in [-0.1, -0.05) is 60.7 Å². The van der Waals surface area contributed by atoms with Gasteiger partial charge in [0.2, 0.25) is 0 Å². The summed E-state index contributed by atoms with van der Waals surface area (Å²) in [6.07, 6.45) is 2.10. The van der Waals surface area contributed by atoms with Crippen LogP contribution < -0.4 is 0 Å². The molecule has 0 amide bonds. The van der Waals surface area contributed by atoms with Crippen LogP contribution >= 0.6 is 0 Å². The molecule has 0 aliphatic heterocycles. The van der Waals surface area contributed by atoms with Crippen molar-refractivity contribution in [3.8, 4) is 0 Å². The van der Waals surface area contributed by atoms with Crippen LogP contribution in [0.15, 0.2) is 60.7 Å². The van der Waals surface area contributed by atoms with Gasteiger partial charge in [-0.3, -0.25) is 4.79 Å². The number of aliphatic carboxylic acids is 1. The van der Waals surface area contributed by atoms with E-state index in [1.165, 1.54) is 0 Å². The molecule has 3 rings (SSSR count). The number of benzene rings is 2. The summed E-state index contributed by atoms with van der Waals surface area (Å²) < 4.78 is 0. The molecule has 1 fully saturated rings. The number of carboxylic acids is 1. The monoisotopic (exact) mass is 310 g/mol. The highest BCUT2D eigenvalue weighted by atomic mass is 16.4. The zero-order valence-corrected chi connectivity index (χ0v) is 13.1. The second-order valence-corrected chi connectivity index (χ2v) is 6.59. The largest absolute Gasteiger partial charge is 0.481 e. The predicted octanol–water partition coefficient (Wildman–Crippen LogP) is 3.63. The van der Waals surface area contributed by atoms with Gasteiger partial charge >= 0.3 is 5.97 Å². The highest BCUT2D eigenvalue weighted by molar-refractivity contribution is 5.71. The number of carbonyl (C=O) groups is 1. The van der Waals surface area contributed by atoms with Gasteiger partial charge in [-0.15, -0.1) is 0 Å². The van der Waals surface area contributed by atoms with Crippen molar-refractivity contribution in [2.24, 2.45) is 5.92 Å². The average molecular weight is 310 g/mol. The van der Waals surface area contributed by atoms with E-state index < -0.39 is 17.5 Å². The summed E-state index contributed by atoms with van der Waals surface area (Å²) in [6.45, 7) is 0. The molecule has 0 unspecified atom stereocenters. The average Bonchev–Trinajstić information content (AvgIpc) is 2.56. The van der Waals surface area contributed by atoms with E-state index in [4.69, 9.17) is 0 Å². The molecule has 0 saturated heterocycles. The number of rotatable bonds is 4. The summed E-state index contributed by atoms with van der Waals surface area (Å²) in [5.41, 5.74) is 1.26. The van der Waals surface area contributed by atoms with Crippen molar-refractivity contribution in [1.29, 1.82) is 0 Å². The molecule has 3 nitrogen and oxygen atoms in total. The van der Waals surface area contributed by atoms with E-state index in [0.717, 1.165) is 11.1 Å². The minimum atomic E-state index is -0.839. The molecule has 0 spiro atoms. The minimum absolute atomic E-state index is 0.142. The Morgan fingerprint density at radius 3 is 2.26 bits per heavy atom. The molecule has 0 bridgehead atoms. The summed E-state index contributed by atoms with van der Waals surface area (Å²) in [7, 11) is 0.